The van der Waals surface area contributed by atoms with Gasteiger partial charge >= 0.3 is 0 Å². The summed E-state index contributed by atoms with van der Waals surface area (Å²) in [6.07, 6.45) is 6.86. The number of aromatic nitrogens is 1. The molecule has 1 aliphatic rings. The maximum atomic E-state index is 10.8. The monoisotopic (exact) mass is 237 g/mol. The topological polar surface area (TPSA) is 51.6 Å². The van der Waals surface area contributed by atoms with Crippen molar-refractivity contribution in [1.82, 2.24) is 4.98 Å². The normalized spacial score (nSPS) is 29.0. The van der Waals surface area contributed by atoms with Gasteiger partial charge in [0.2, 0.25) is 0 Å². The van der Waals surface area contributed by atoms with Crippen LogP contribution in [-0.4, -0.2) is 30.4 Å². The van der Waals surface area contributed by atoms with Crippen molar-refractivity contribution in [2.45, 2.75) is 37.4 Å². The Kier molecular flexibility index (Phi) is 3.64. The summed E-state index contributed by atoms with van der Waals surface area (Å²) in [6, 6.07) is 1.84. The third kappa shape index (κ3) is 2.28. The number of nitrogens with zero attached hydrogens (tertiary/aromatic N) is 1. The van der Waals surface area contributed by atoms with Crippen LogP contribution in [0.15, 0.2) is 18.5 Å². The molecule has 1 heterocycles. The van der Waals surface area contributed by atoms with Gasteiger partial charge in [-0.15, -0.1) is 0 Å². The van der Waals surface area contributed by atoms with E-state index in [1.807, 2.05) is 6.07 Å². The van der Waals surface area contributed by atoms with Gasteiger partial charge in [-0.1, -0.05) is 12.8 Å². The second kappa shape index (κ2) is 5.02. The molecule has 1 aromatic rings. The van der Waals surface area contributed by atoms with E-state index in [-0.39, 0.29) is 6.10 Å². The van der Waals surface area contributed by atoms with E-state index in [0.717, 1.165) is 24.8 Å². The maximum absolute atomic E-state index is 10.8. The van der Waals surface area contributed by atoms with Crippen LogP contribution >= 0.6 is 0 Å². The molecule has 0 aromatic carbocycles. The number of ether oxygens (including phenoxy) is 2. The molecule has 0 radical (unpaired) electrons. The van der Waals surface area contributed by atoms with Gasteiger partial charge in [-0.2, -0.15) is 0 Å². The molecule has 0 bridgehead atoms. The highest BCUT2D eigenvalue weighted by atomic mass is 16.5. The predicted molar refractivity (Wildman–Crippen MR) is 64.0 cm³/mol. The van der Waals surface area contributed by atoms with Crippen molar-refractivity contribution < 1.29 is 14.6 Å². The predicted octanol–water partition coefficient (Wildman–Crippen LogP) is 1.87. The SMILES string of the molecule is COc1cncc(C2(O)CCCCC2OC)c1. The molecular weight excluding hydrogens is 218 g/mol. The lowest BCUT2D eigenvalue weighted by atomic mass is 9.78. The van der Waals surface area contributed by atoms with E-state index in [9.17, 15) is 5.11 Å². The van der Waals surface area contributed by atoms with E-state index in [4.69, 9.17) is 9.47 Å². The molecule has 2 unspecified atom stereocenters. The zero-order valence-electron chi connectivity index (χ0n) is 10.3. The Labute approximate surface area is 102 Å². The molecule has 0 saturated heterocycles. The van der Waals surface area contributed by atoms with Gasteiger partial charge in [0.25, 0.3) is 0 Å². The van der Waals surface area contributed by atoms with Crippen molar-refractivity contribution >= 4 is 0 Å². The minimum absolute atomic E-state index is 0.162. The second-order valence-electron chi connectivity index (χ2n) is 4.51. The molecule has 2 rings (SSSR count). The summed E-state index contributed by atoms with van der Waals surface area (Å²) >= 11 is 0. The van der Waals surface area contributed by atoms with Crippen LogP contribution in [0.5, 0.6) is 5.75 Å². The van der Waals surface area contributed by atoms with Crippen molar-refractivity contribution in [3.05, 3.63) is 24.0 Å². The minimum atomic E-state index is -0.936. The van der Waals surface area contributed by atoms with Crippen LogP contribution in [-0.2, 0) is 10.3 Å². The molecule has 0 spiro atoms. The smallest absolute Gasteiger partial charge is 0.137 e. The average Bonchev–Trinajstić information content (AvgIpc) is 2.39. The molecule has 0 aliphatic heterocycles. The van der Waals surface area contributed by atoms with Gasteiger partial charge in [0.05, 0.1) is 19.4 Å². The number of rotatable bonds is 3. The molecule has 1 N–H and O–H groups in total. The fourth-order valence-electron chi connectivity index (χ4n) is 2.53. The Balaban J connectivity index is 2.33. The van der Waals surface area contributed by atoms with E-state index in [0.29, 0.717) is 12.2 Å². The van der Waals surface area contributed by atoms with Crippen LogP contribution in [0.3, 0.4) is 0 Å². The molecule has 17 heavy (non-hydrogen) atoms. The Hall–Kier alpha value is -1.13. The fourth-order valence-corrected chi connectivity index (χ4v) is 2.53. The zero-order valence-corrected chi connectivity index (χ0v) is 10.3. The molecule has 4 heteroatoms. The third-order valence-electron chi connectivity index (χ3n) is 3.54. The van der Waals surface area contributed by atoms with Crippen LogP contribution < -0.4 is 4.74 Å². The van der Waals surface area contributed by atoms with Gasteiger partial charge in [0.15, 0.2) is 0 Å². The van der Waals surface area contributed by atoms with Crippen LogP contribution in [0.4, 0.5) is 0 Å². The van der Waals surface area contributed by atoms with Gasteiger partial charge < -0.3 is 14.6 Å². The minimum Gasteiger partial charge on any atom is -0.495 e. The van der Waals surface area contributed by atoms with Crippen molar-refractivity contribution in [2.24, 2.45) is 0 Å². The highest BCUT2D eigenvalue weighted by molar-refractivity contribution is 5.29. The van der Waals surface area contributed by atoms with Gasteiger partial charge in [0.1, 0.15) is 11.4 Å². The standard InChI is InChI=1S/C13H19NO3/c1-16-11-7-10(8-14-9-11)13(15)6-4-3-5-12(13)17-2/h7-9,12,15H,3-6H2,1-2H3. The first-order chi connectivity index (χ1) is 8.20. The highest BCUT2D eigenvalue weighted by Crippen LogP contribution is 2.39. The van der Waals surface area contributed by atoms with E-state index < -0.39 is 5.60 Å². The van der Waals surface area contributed by atoms with Crippen molar-refractivity contribution in [3.8, 4) is 5.75 Å². The van der Waals surface area contributed by atoms with E-state index in [1.54, 1.807) is 26.6 Å². The van der Waals surface area contributed by atoms with Crippen molar-refractivity contribution in [1.29, 1.82) is 0 Å². The third-order valence-corrected chi connectivity index (χ3v) is 3.54. The molecule has 2 atom stereocenters. The number of aliphatic hydroxyl groups is 1. The molecule has 1 saturated carbocycles. The summed E-state index contributed by atoms with van der Waals surface area (Å²) in [5.74, 6) is 0.663. The number of pyridine rings is 1. The van der Waals surface area contributed by atoms with Crippen LogP contribution in [0.2, 0.25) is 0 Å². The summed E-state index contributed by atoms with van der Waals surface area (Å²) in [4.78, 5) is 4.10. The summed E-state index contributed by atoms with van der Waals surface area (Å²) < 4.78 is 10.6. The van der Waals surface area contributed by atoms with Crippen molar-refractivity contribution in [3.63, 3.8) is 0 Å². The van der Waals surface area contributed by atoms with Crippen molar-refractivity contribution in [2.75, 3.05) is 14.2 Å². The Morgan fingerprint density at radius 1 is 1.35 bits per heavy atom. The zero-order chi connectivity index (χ0) is 12.3. The average molecular weight is 237 g/mol. The quantitative estimate of drug-likeness (QED) is 0.872. The molecule has 1 aromatic heterocycles. The van der Waals surface area contributed by atoms with Gasteiger partial charge in [-0.05, 0) is 18.9 Å². The maximum Gasteiger partial charge on any atom is 0.137 e. The summed E-state index contributed by atoms with van der Waals surface area (Å²) in [7, 11) is 3.24. The Morgan fingerprint density at radius 3 is 2.88 bits per heavy atom. The first-order valence-electron chi connectivity index (χ1n) is 5.95. The number of hydrogen-bond donors (Lipinski definition) is 1. The van der Waals surface area contributed by atoms with Gasteiger partial charge in [-0.3, -0.25) is 4.98 Å². The summed E-state index contributed by atoms with van der Waals surface area (Å²) in [5, 5.41) is 10.8. The lowest BCUT2D eigenvalue weighted by molar-refractivity contribution is -0.122. The lowest BCUT2D eigenvalue weighted by Crippen LogP contribution is -2.43. The van der Waals surface area contributed by atoms with Crippen LogP contribution in [0, 0.1) is 0 Å². The van der Waals surface area contributed by atoms with E-state index >= 15 is 0 Å². The number of methoxy groups -OCH3 is 2. The Morgan fingerprint density at radius 2 is 2.18 bits per heavy atom. The first-order valence-corrected chi connectivity index (χ1v) is 5.95. The second-order valence-corrected chi connectivity index (χ2v) is 4.51. The van der Waals surface area contributed by atoms with Crippen LogP contribution in [0.25, 0.3) is 0 Å². The molecule has 4 nitrogen and oxygen atoms in total. The summed E-state index contributed by atoms with van der Waals surface area (Å²) in [6.45, 7) is 0. The molecule has 1 aliphatic carbocycles. The lowest BCUT2D eigenvalue weighted by Gasteiger charge is -2.39. The Bertz CT molecular complexity index is 383. The molecular formula is C13H19NO3. The van der Waals surface area contributed by atoms with Gasteiger partial charge in [-0.25, -0.2) is 0 Å². The largest absolute Gasteiger partial charge is 0.495 e. The molecule has 0 amide bonds. The molecule has 1 fully saturated rings. The number of hydrogen-bond acceptors (Lipinski definition) is 4. The highest BCUT2D eigenvalue weighted by Gasteiger charge is 2.41. The summed E-state index contributed by atoms with van der Waals surface area (Å²) in [5.41, 5.74) is -0.155. The van der Waals surface area contributed by atoms with E-state index in [2.05, 4.69) is 4.98 Å². The van der Waals surface area contributed by atoms with Gasteiger partial charge in [0, 0.05) is 18.9 Å². The van der Waals surface area contributed by atoms with E-state index in [1.165, 1.54) is 0 Å². The first kappa shape index (κ1) is 12.3. The fraction of sp³-hybridized carbons (Fsp3) is 0.615. The van der Waals surface area contributed by atoms with Crippen LogP contribution in [0.1, 0.15) is 31.2 Å². The molecule has 94 valence electrons.